The van der Waals surface area contributed by atoms with E-state index in [4.69, 9.17) is 5.73 Å². The quantitative estimate of drug-likeness (QED) is 0.717. The first-order valence-corrected chi connectivity index (χ1v) is 6.10. The average molecular weight is 197 g/mol. The molecule has 0 spiro atoms. The molecular formula is C13H27N. The van der Waals surface area contributed by atoms with Crippen LogP contribution in [0.1, 0.15) is 66.2 Å². The summed E-state index contributed by atoms with van der Waals surface area (Å²) in [6.45, 7) is 9.27. The van der Waals surface area contributed by atoms with E-state index >= 15 is 0 Å². The highest BCUT2D eigenvalue weighted by Crippen LogP contribution is 2.36. The van der Waals surface area contributed by atoms with Crippen LogP contribution >= 0.6 is 0 Å². The second-order valence-corrected chi connectivity index (χ2v) is 6.62. The van der Waals surface area contributed by atoms with Gasteiger partial charge in [-0.1, -0.05) is 40.5 Å². The number of hydrogen-bond acceptors (Lipinski definition) is 1. The van der Waals surface area contributed by atoms with Gasteiger partial charge in [-0.25, -0.2) is 0 Å². The Kier molecular flexibility index (Phi) is 3.63. The molecule has 0 saturated heterocycles. The Bertz CT molecular complexity index is 180. The first kappa shape index (κ1) is 12.0. The molecule has 0 aromatic carbocycles. The lowest BCUT2D eigenvalue weighted by Crippen LogP contribution is -2.44. The maximum atomic E-state index is 6.46. The maximum absolute atomic E-state index is 6.46. The predicted octanol–water partition coefficient (Wildman–Crippen LogP) is 3.72. The van der Waals surface area contributed by atoms with Gasteiger partial charge >= 0.3 is 0 Å². The van der Waals surface area contributed by atoms with Crippen molar-refractivity contribution in [3.05, 3.63) is 0 Å². The van der Waals surface area contributed by atoms with Gasteiger partial charge in [-0.2, -0.15) is 0 Å². The van der Waals surface area contributed by atoms with Crippen LogP contribution < -0.4 is 5.73 Å². The summed E-state index contributed by atoms with van der Waals surface area (Å²) in [5.41, 5.74) is 7.05. The summed E-state index contributed by atoms with van der Waals surface area (Å²) in [6.07, 6.45) is 7.67. The van der Waals surface area contributed by atoms with Crippen LogP contribution in [-0.4, -0.2) is 5.54 Å². The van der Waals surface area contributed by atoms with Crippen LogP contribution in [0.4, 0.5) is 0 Å². The summed E-state index contributed by atoms with van der Waals surface area (Å²) < 4.78 is 0. The van der Waals surface area contributed by atoms with Crippen molar-refractivity contribution >= 4 is 0 Å². The molecule has 2 atom stereocenters. The molecule has 14 heavy (non-hydrogen) atoms. The van der Waals surface area contributed by atoms with Crippen LogP contribution in [0, 0.1) is 11.3 Å². The van der Waals surface area contributed by atoms with E-state index < -0.39 is 0 Å². The third kappa shape index (κ3) is 4.00. The molecule has 1 heteroatoms. The van der Waals surface area contributed by atoms with Crippen molar-refractivity contribution in [1.29, 1.82) is 0 Å². The molecule has 1 aliphatic carbocycles. The largest absolute Gasteiger partial charge is 0.325 e. The van der Waals surface area contributed by atoms with Gasteiger partial charge in [-0.05, 0) is 37.0 Å². The summed E-state index contributed by atoms with van der Waals surface area (Å²) in [5, 5.41) is 0. The third-order valence-corrected chi connectivity index (χ3v) is 3.50. The lowest BCUT2D eigenvalue weighted by Gasteiger charge is -2.38. The molecule has 84 valence electrons. The van der Waals surface area contributed by atoms with Gasteiger partial charge in [0.15, 0.2) is 0 Å². The maximum Gasteiger partial charge on any atom is 0.0157 e. The van der Waals surface area contributed by atoms with Gasteiger partial charge in [0, 0.05) is 5.54 Å². The van der Waals surface area contributed by atoms with Crippen LogP contribution in [0.15, 0.2) is 0 Å². The highest BCUT2D eigenvalue weighted by Gasteiger charge is 2.31. The molecule has 0 aromatic rings. The molecular weight excluding hydrogens is 170 g/mol. The number of nitrogens with two attached hydrogens (primary N) is 1. The van der Waals surface area contributed by atoms with E-state index in [-0.39, 0.29) is 5.54 Å². The van der Waals surface area contributed by atoms with Gasteiger partial charge in [-0.3, -0.25) is 0 Å². The van der Waals surface area contributed by atoms with E-state index in [0.29, 0.717) is 5.41 Å². The Morgan fingerprint density at radius 3 is 2.50 bits per heavy atom. The zero-order valence-electron chi connectivity index (χ0n) is 10.4. The van der Waals surface area contributed by atoms with E-state index in [0.717, 1.165) is 5.92 Å². The zero-order valence-corrected chi connectivity index (χ0v) is 10.4. The first-order valence-electron chi connectivity index (χ1n) is 6.10. The molecule has 0 aliphatic heterocycles. The smallest absolute Gasteiger partial charge is 0.0157 e. The molecule has 1 rings (SSSR count). The van der Waals surface area contributed by atoms with E-state index in [1.54, 1.807) is 0 Å². The van der Waals surface area contributed by atoms with Crippen molar-refractivity contribution < 1.29 is 0 Å². The van der Waals surface area contributed by atoms with Gasteiger partial charge in [0.25, 0.3) is 0 Å². The molecule has 2 N–H and O–H groups in total. The molecule has 1 aliphatic rings. The van der Waals surface area contributed by atoms with Gasteiger partial charge in [-0.15, -0.1) is 0 Å². The van der Waals surface area contributed by atoms with E-state index in [1.807, 2.05) is 0 Å². The normalized spacial score (nSPS) is 34.5. The minimum absolute atomic E-state index is 0.158. The Labute approximate surface area is 89.5 Å². The second kappa shape index (κ2) is 4.22. The summed E-state index contributed by atoms with van der Waals surface area (Å²) in [5.74, 6) is 0.841. The zero-order chi connectivity index (χ0) is 10.8. The van der Waals surface area contributed by atoms with Crippen molar-refractivity contribution in [2.45, 2.75) is 71.8 Å². The molecule has 0 bridgehead atoms. The Morgan fingerprint density at radius 1 is 1.36 bits per heavy atom. The fraction of sp³-hybridized carbons (Fsp3) is 1.00. The molecule has 1 fully saturated rings. The summed E-state index contributed by atoms with van der Waals surface area (Å²) in [7, 11) is 0. The van der Waals surface area contributed by atoms with E-state index in [9.17, 15) is 0 Å². The lowest BCUT2D eigenvalue weighted by molar-refractivity contribution is 0.196. The topological polar surface area (TPSA) is 26.0 Å². The van der Waals surface area contributed by atoms with Gasteiger partial charge < -0.3 is 5.73 Å². The number of hydrogen-bond donors (Lipinski definition) is 1. The minimum Gasteiger partial charge on any atom is -0.325 e. The average Bonchev–Trinajstić information content (AvgIpc) is 1.99. The van der Waals surface area contributed by atoms with Gasteiger partial charge in [0.1, 0.15) is 0 Å². The van der Waals surface area contributed by atoms with Crippen LogP contribution in [0.25, 0.3) is 0 Å². The highest BCUT2D eigenvalue weighted by molar-refractivity contribution is 4.90. The molecule has 2 unspecified atom stereocenters. The van der Waals surface area contributed by atoms with Crippen LogP contribution in [-0.2, 0) is 0 Å². The standard InChI is InChI=1S/C13H27N/c1-11-6-5-7-13(14,10-11)9-8-12(2,3)4/h11H,5-10,14H2,1-4H3. The Balaban J connectivity index is 2.41. The van der Waals surface area contributed by atoms with Crippen molar-refractivity contribution in [2.24, 2.45) is 17.1 Å². The molecule has 0 heterocycles. The summed E-state index contributed by atoms with van der Waals surface area (Å²) in [4.78, 5) is 0. The fourth-order valence-electron chi connectivity index (χ4n) is 2.55. The predicted molar refractivity (Wildman–Crippen MR) is 63.2 cm³/mol. The Morgan fingerprint density at radius 2 is 2.00 bits per heavy atom. The van der Waals surface area contributed by atoms with Gasteiger partial charge in [0.05, 0.1) is 0 Å². The van der Waals surface area contributed by atoms with Gasteiger partial charge in [0.2, 0.25) is 0 Å². The molecule has 1 saturated carbocycles. The van der Waals surface area contributed by atoms with Crippen molar-refractivity contribution in [2.75, 3.05) is 0 Å². The SMILES string of the molecule is CC1CCCC(N)(CCC(C)(C)C)C1. The highest BCUT2D eigenvalue weighted by atomic mass is 14.7. The lowest BCUT2D eigenvalue weighted by atomic mass is 9.72. The fourth-order valence-corrected chi connectivity index (χ4v) is 2.55. The van der Waals surface area contributed by atoms with E-state index in [2.05, 4.69) is 27.7 Å². The third-order valence-electron chi connectivity index (χ3n) is 3.50. The monoisotopic (exact) mass is 197 g/mol. The first-order chi connectivity index (χ1) is 6.31. The second-order valence-electron chi connectivity index (χ2n) is 6.62. The molecule has 0 aromatic heterocycles. The van der Waals surface area contributed by atoms with Crippen LogP contribution in [0.5, 0.6) is 0 Å². The van der Waals surface area contributed by atoms with Crippen molar-refractivity contribution in [1.82, 2.24) is 0 Å². The Hall–Kier alpha value is -0.0400. The van der Waals surface area contributed by atoms with Crippen molar-refractivity contribution in [3.8, 4) is 0 Å². The number of rotatable bonds is 2. The van der Waals surface area contributed by atoms with E-state index in [1.165, 1.54) is 38.5 Å². The summed E-state index contributed by atoms with van der Waals surface area (Å²) >= 11 is 0. The van der Waals surface area contributed by atoms with Crippen molar-refractivity contribution in [3.63, 3.8) is 0 Å². The summed E-state index contributed by atoms with van der Waals surface area (Å²) in [6, 6.07) is 0. The molecule has 1 nitrogen and oxygen atoms in total. The molecule has 0 radical (unpaired) electrons. The van der Waals surface area contributed by atoms with Crippen LogP contribution in [0.3, 0.4) is 0 Å². The molecule has 0 amide bonds. The minimum atomic E-state index is 0.158. The van der Waals surface area contributed by atoms with Crippen LogP contribution in [0.2, 0.25) is 0 Å².